The van der Waals surface area contributed by atoms with Crippen molar-refractivity contribution in [1.82, 2.24) is 0 Å². The van der Waals surface area contributed by atoms with Gasteiger partial charge in [0.1, 0.15) is 6.29 Å². The van der Waals surface area contributed by atoms with Crippen LogP contribution >= 0.6 is 0 Å². The third kappa shape index (κ3) is 1.67. The first-order chi connectivity index (χ1) is 9.94. The average Bonchev–Trinajstić information content (AvgIpc) is 2.68. The van der Waals surface area contributed by atoms with Gasteiger partial charge >= 0.3 is 0 Å². The van der Waals surface area contributed by atoms with Gasteiger partial charge in [0.25, 0.3) is 0 Å². The van der Waals surface area contributed by atoms with Crippen LogP contribution in [0.5, 0.6) is 0 Å². The molecule has 4 fully saturated rings. The minimum Gasteiger partial charge on any atom is -0.303 e. The fourth-order valence-corrected chi connectivity index (χ4v) is 7.54. The molecule has 0 aliphatic heterocycles. The van der Waals surface area contributed by atoms with Crippen LogP contribution in [0.1, 0.15) is 71.6 Å². The number of aldehydes is 1. The van der Waals surface area contributed by atoms with Gasteiger partial charge in [0, 0.05) is 5.41 Å². The van der Waals surface area contributed by atoms with Crippen molar-refractivity contribution in [3.05, 3.63) is 12.2 Å². The molecule has 1 heteroatoms. The number of rotatable bonds is 1. The predicted octanol–water partition coefficient (Wildman–Crippen LogP) is 5.15. The summed E-state index contributed by atoms with van der Waals surface area (Å²) in [6, 6.07) is 0. The SMILES string of the molecule is C=C1C[C@@]23CC[C@H]4[C@@](C)(CCC[C@@]4(C)C=O)[C@@H]2CC[C@@H]1C3. The van der Waals surface area contributed by atoms with Crippen LogP contribution in [0, 0.1) is 34.0 Å². The monoisotopic (exact) mass is 286 g/mol. The molecule has 0 unspecified atom stereocenters. The van der Waals surface area contributed by atoms with Crippen LogP contribution in [0.3, 0.4) is 0 Å². The first kappa shape index (κ1) is 14.0. The van der Waals surface area contributed by atoms with E-state index in [1.54, 1.807) is 5.57 Å². The van der Waals surface area contributed by atoms with Gasteiger partial charge in [-0.1, -0.05) is 32.4 Å². The van der Waals surface area contributed by atoms with Crippen LogP contribution in [0.15, 0.2) is 12.2 Å². The van der Waals surface area contributed by atoms with Crippen molar-refractivity contribution in [2.75, 3.05) is 0 Å². The number of hydrogen-bond acceptors (Lipinski definition) is 1. The number of allylic oxidation sites excluding steroid dienone is 1. The maximum absolute atomic E-state index is 11.8. The zero-order chi connectivity index (χ0) is 14.9. The van der Waals surface area contributed by atoms with Gasteiger partial charge in [-0.15, -0.1) is 0 Å². The van der Waals surface area contributed by atoms with E-state index in [0.717, 1.165) is 18.3 Å². The minimum atomic E-state index is -0.0545. The normalized spacial score (nSPS) is 55.7. The summed E-state index contributed by atoms with van der Waals surface area (Å²) in [5.74, 6) is 2.29. The van der Waals surface area contributed by atoms with Crippen molar-refractivity contribution in [1.29, 1.82) is 0 Å². The fourth-order valence-electron chi connectivity index (χ4n) is 7.54. The Morgan fingerprint density at radius 2 is 1.90 bits per heavy atom. The molecular weight excluding hydrogens is 256 g/mol. The van der Waals surface area contributed by atoms with Crippen molar-refractivity contribution in [3.63, 3.8) is 0 Å². The second kappa shape index (κ2) is 4.24. The molecule has 1 spiro atoms. The van der Waals surface area contributed by atoms with Crippen LogP contribution in [-0.2, 0) is 4.79 Å². The molecule has 0 aromatic carbocycles. The minimum absolute atomic E-state index is 0.0545. The molecule has 0 aromatic rings. The number of hydrogen-bond donors (Lipinski definition) is 0. The summed E-state index contributed by atoms with van der Waals surface area (Å²) in [6.07, 6.45) is 13.1. The van der Waals surface area contributed by atoms with Gasteiger partial charge in [-0.3, -0.25) is 0 Å². The van der Waals surface area contributed by atoms with Crippen LogP contribution in [0.25, 0.3) is 0 Å². The largest absolute Gasteiger partial charge is 0.303 e. The highest BCUT2D eigenvalue weighted by molar-refractivity contribution is 5.60. The molecule has 4 saturated carbocycles. The molecular formula is C20H30O. The lowest BCUT2D eigenvalue weighted by Gasteiger charge is -2.63. The van der Waals surface area contributed by atoms with E-state index < -0.39 is 0 Å². The van der Waals surface area contributed by atoms with Gasteiger partial charge in [-0.2, -0.15) is 0 Å². The summed E-state index contributed by atoms with van der Waals surface area (Å²) in [4.78, 5) is 11.8. The molecule has 2 bridgehead atoms. The molecule has 21 heavy (non-hydrogen) atoms. The molecule has 0 amide bonds. The fraction of sp³-hybridized carbons (Fsp3) is 0.850. The van der Waals surface area contributed by atoms with Crippen LogP contribution in [0.4, 0.5) is 0 Å². The second-order valence-electron chi connectivity index (χ2n) is 9.30. The van der Waals surface area contributed by atoms with Crippen LogP contribution < -0.4 is 0 Å². The highest BCUT2D eigenvalue weighted by Gasteiger charge is 2.63. The van der Waals surface area contributed by atoms with Crippen LogP contribution in [-0.4, -0.2) is 6.29 Å². The summed E-state index contributed by atoms with van der Waals surface area (Å²) in [7, 11) is 0. The Hall–Kier alpha value is -0.590. The smallest absolute Gasteiger partial charge is 0.126 e. The molecule has 0 saturated heterocycles. The van der Waals surface area contributed by atoms with E-state index in [-0.39, 0.29) is 5.41 Å². The van der Waals surface area contributed by atoms with E-state index >= 15 is 0 Å². The Balaban J connectivity index is 1.75. The number of carbonyl (C=O) groups excluding carboxylic acids is 1. The summed E-state index contributed by atoms with van der Waals surface area (Å²) in [6.45, 7) is 9.19. The van der Waals surface area contributed by atoms with Crippen molar-refractivity contribution in [2.24, 2.45) is 34.0 Å². The molecule has 116 valence electrons. The molecule has 0 aromatic heterocycles. The van der Waals surface area contributed by atoms with Crippen molar-refractivity contribution >= 4 is 6.29 Å². The molecule has 4 rings (SSSR count). The Bertz CT molecular complexity index is 494. The molecule has 0 radical (unpaired) electrons. The Labute approximate surface area is 129 Å². The molecule has 4 aliphatic carbocycles. The lowest BCUT2D eigenvalue weighted by Crippen LogP contribution is -2.56. The van der Waals surface area contributed by atoms with Gasteiger partial charge in [-0.25, -0.2) is 0 Å². The third-order valence-corrected chi connectivity index (χ3v) is 8.37. The van der Waals surface area contributed by atoms with Gasteiger partial charge in [0.2, 0.25) is 0 Å². The van der Waals surface area contributed by atoms with E-state index in [1.165, 1.54) is 57.7 Å². The maximum atomic E-state index is 11.8. The third-order valence-electron chi connectivity index (χ3n) is 8.37. The predicted molar refractivity (Wildman–Crippen MR) is 85.9 cm³/mol. The van der Waals surface area contributed by atoms with E-state index in [9.17, 15) is 4.79 Å². The standard InChI is InChI=1S/C20H30O/c1-14-11-20-10-7-16-18(2,13-21)8-4-9-19(16,3)17(20)6-5-15(14)12-20/h13,15-17H,1,4-12H2,2-3H3/t15-,16-,17+,18+,19-,20-/m1/s1. The van der Waals surface area contributed by atoms with Crippen molar-refractivity contribution < 1.29 is 4.79 Å². The molecule has 6 atom stereocenters. The topological polar surface area (TPSA) is 17.1 Å². The van der Waals surface area contributed by atoms with Gasteiger partial charge < -0.3 is 4.79 Å². The Kier molecular flexibility index (Phi) is 2.83. The van der Waals surface area contributed by atoms with Crippen molar-refractivity contribution in [3.8, 4) is 0 Å². The lowest BCUT2D eigenvalue weighted by atomic mass is 9.41. The van der Waals surface area contributed by atoms with E-state index in [0.29, 0.717) is 16.7 Å². The highest BCUT2D eigenvalue weighted by Crippen LogP contribution is 2.71. The average molecular weight is 286 g/mol. The van der Waals surface area contributed by atoms with Gasteiger partial charge in [0.15, 0.2) is 0 Å². The van der Waals surface area contributed by atoms with Gasteiger partial charge in [-0.05, 0) is 80.0 Å². The summed E-state index contributed by atoms with van der Waals surface area (Å²) in [5.41, 5.74) is 2.46. The van der Waals surface area contributed by atoms with E-state index in [4.69, 9.17) is 0 Å². The van der Waals surface area contributed by atoms with E-state index in [1.807, 2.05) is 0 Å². The second-order valence-corrected chi connectivity index (χ2v) is 9.30. The Morgan fingerprint density at radius 1 is 1.10 bits per heavy atom. The highest BCUT2D eigenvalue weighted by atomic mass is 16.1. The number of carbonyl (C=O) groups is 1. The number of fused-ring (bicyclic) bond motifs is 3. The quantitative estimate of drug-likeness (QED) is 0.481. The molecule has 0 N–H and O–H groups in total. The molecule has 0 heterocycles. The first-order valence-electron chi connectivity index (χ1n) is 9.08. The maximum Gasteiger partial charge on any atom is 0.126 e. The lowest BCUT2D eigenvalue weighted by molar-refractivity contribution is -0.157. The summed E-state index contributed by atoms with van der Waals surface area (Å²) >= 11 is 0. The Morgan fingerprint density at radius 3 is 2.67 bits per heavy atom. The van der Waals surface area contributed by atoms with Crippen molar-refractivity contribution in [2.45, 2.75) is 71.6 Å². The summed E-state index contributed by atoms with van der Waals surface area (Å²) < 4.78 is 0. The first-order valence-corrected chi connectivity index (χ1v) is 9.08. The molecule has 4 aliphatic rings. The van der Waals surface area contributed by atoms with Crippen LogP contribution in [0.2, 0.25) is 0 Å². The van der Waals surface area contributed by atoms with E-state index in [2.05, 4.69) is 20.4 Å². The summed E-state index contributed by atoms with van der Waals surface area (Å²) in [5, 5.41) is 0. The zero-order valence-corrected chi connectivity index (χ0v) is 13.8. The molecule has 1 nitrogen and oxygen atoms in total. The zero-order valence-electron chi connectivity index (χ0n) is 13.8. The van der Waals surface area contributed by atoms with Gasteiger partial charge in [0.05, 0.1) is 0 Å².